The van der Waals surface area contributed by atoms with Gasteiger partial charge in [0.15, 0.2) is 5.60 Å². The molecule has 0 saturated carbocycles. The van der Waals surface area contributed by atoms with E-state index in [0.717, 1.165) is 5.56 Å². The molecule has 0 fully saturated rings. The first kappa shape index (κ1) is 13.8. The molecule has 0 saturated heterocycles. The molecule has 0 radical (unpaired) electrons. The van der Waals surface area contributed by atoms with Gasteiger partial charge in [-0.2, -0.15) is 0 Å². The molecule has 1 aromatic carbocycles. The van der Waals surface area contributed by atoms with Gasteiger partial charge >= 0.3 is 5.97 Å². The van der Waals surface area contributed by atoms with Crippen molar-refractivity contribution < 1.29 is 9.53 Å². The smallest absolute Gasteiger partial charge is 0.304 e. The van der Waals surface area contributed by atoms with E-state index in [0.29, 0.717) is 5.69 Å². The number of hydrogen-bond donors (Lipinski definition) is 0. The first-order valence-corrected chi connectivity index (χ1v) is 6.29. The minimum atomic E-state index is -0.982. The van der Waals surface area contributed by atoms with Crippen molar-refractivity contribution in [2.24, 2.45) is 0 Å². The predicted molar refractivity (Wildman–Crippen MR) is 76.7 cm³/mol. The molecule has 0 aliphatic heterocycles. The van der Waals surface area contributed by atoms with Crippen LogP contribution in [-0.4, -0.2) is 11.0 Å². The van der Waals surface area contributed by atoms with Crippen LogP contribution in [0.1, 0.15) is 25.1 Å². The lowest BCUT2D eigenvalue weighted by atomic mass is 9.96. The molecule has 20 heavy (non-hydrogen) atoms. The van der Waals surface area contributed by atoms with Gasteiger partial charge in [0, 0.05) is 18.7 Å². The van der Waals surface area contributed by atoms with Crippen molar-refractivity contribution in [1.29, 1.82) is 0 Å². The van der Waals surface area contributed by atoms with Gasteiger partial charge in [0.2, 0.25) is 0 Å². The van der Waals surface area contributed by atoms with Crippen LogP contribution in [0.15, 0.2) is 54.7 Å². The van der Waals surface area contributed by atoms with Gasteiger partial charge in [-0.1, -0.05) is 36.4 Å². The highest BCUT2D eigenvalue weighted by atomic mass is 16.6. The van der Waals surface area contributed by atoms with Crippen LogP contribution >= 0.6 is 0 Å². The molecule has 0 aliphatic rings. The molecule has 0 amide bonds. The summed E-state index contributed by atoms with van der Waals surface area (Å²) in [5.41, 5.74) is 0.491. The number of benzene rings is 1. The van der Waals surface area contributed by atoms with E-state index in [9.17, 15) is 4.79 Å². The van der Waals surface area contributed by atoms with Crippen LogP contribution in [0.4, 0.5) is 0 Å². The second-order valence-electron chi connectivity index (χ2n) is 4.46. The Morgan fingerprint density at radius 2 is 1.85 bits per heavy atom. The molecule has 0 aliphatic carbocycles. The zero-order chi connectivity index (χ0) is 14.4. The Balaban J connectivity index is 2.39. The lowest BCUT2D eigenvalue weighted by molar-refractivity contribution is -0.151. The van der Waals surface area contributed by atoms with Gasteiger partial charge in [0.05, 0.1) is 0 Å². The van der Waals surface area contributed by atoms with Crippen LogP contribution in [0.25, 0.3) is 0 Å². The Kier molecular flexibility index (Phi) is 4.17. The molecule has 2 rings (SSSR count). The van der Waals surface area contributed by atoms with Gasteiger partial charge in [-0.15, -0.1) is 0 Å². The Labute approximate surface area is 118 Å². The normalized spacial score (nSPS) is 12.7. The summed E-state index contributed by atoms with van der Waals surface area (Å²) < 4.78 is 5.41. The van der Waals surface area contributed by atoms with E-state index < -0.39 is 5.60 Å². The van der Waals surface area contributed by atoms with E-state index in [4.69, 9.17) is 4.74 Å². The molecule has 3 nitrogen and oxygen atoms in total. The highest BCUT2D eigenvalue weighted by molar-refractivity contribution is 5.67. The summed E-state index contributed by atoms with van der Waals surface area (Å²) in [4.78, 5) is 15.5. The number of nitrogens with zero attached hydrogens (tertiary/aromatic N) is 1. The van der Waals surface area contributed by atoms with E-state index in [-0.39, 0.29) is 5.97 Å². The van der Waals surface area contributed by atoms with Crippen molar-refractivity contribution in [1.82, 2.24) is 4.98 Å². The minimum Gasteiger partial charge on any atom is -0.442 e. The molecule has 2 aromatic rings. The Morgan fingerprint density at radius 3 is 2.45 bits per heavy atom. The molecule has 1 aromatic heterocycles. The molecule has 1 heterocycles. The van der Waals surface area contributed by atoms with E-state index >= 15 is 0 Å². The second-order valence-corrected chi connectivity index (χ2v) is 4.46. The Hall–Kier alpha value is -2.60. The molecule has 100 valence electrons. The van der Waals surface area contributed by atoms with Gasteiger partial charge in [0.25, 0.3) is 0 Å². The largest absolute Gasteiger partial charge is 0.442 e. The SMILES string of the molecule is CC(=O)OC(C)(C#Cc1ccccn1)c1ccccc1. The number of hydrogen-bond acceptors (Lipinski definition) is 3. The van der Waals surface area contributed by atoms with E-state index in [1.54, 1.807) is 13.1 Å². The van der Waals surface area contributed by atoms with Crippen molar-refractivity contribution in [3.63, 3.8) is 0 Å². The summed E-state index contributed by atoms with van der Waals surface area (Å²) in [5.74, 6) is 5.59. The molecule has 1 atom stereocenters. The maximum atomic E-state index is 11.3. The monoisotopic (exact) mass is 265 g/mol. The Bertz CT molecular complexity index is 641. The second kappa shape index (κ2) is 6.03. The van der Waals surface area contributed by atoms with Crippen molar-refractivity contribution in [2.75, 3.05) is 0 Å². The zero-order valence-corrected chi connectivity index (χ0v) is 11.5. The lowest BCUT2D eigenvalue weighted by Crippen LogP contribution is -2.26. The average molecular weight is 265 g/mol. The zero-order valence-electron chi connectivity index (χ0n) is 11.5. The Morgan fingerprint density at radius 1 is 1.15 bits per heavy atom. The maximum Gasteiger partial charge on any atom is 0.304 e. The number of carbonyl (C=O) groups is 1. The summed E-state index contributed by atoms with van der Waals surface area (Å²) in [6.45, 7) is 3.16. The first-order chi connectivity index (χ1) is 9.60. The van der Waals surface area contributed by atoms with Crippen LogP contribution in [0, 0.1) is 11.8 Å². The first-order valence-electron chi connectivity index (χ1n) is 6.29. The number of aromatic nitrogens is 1. The molecule has 1 unspecified atom stereocenters. The van der Waals surface area contributed by atoms with Gasteiger partial charge in [-0.05, 0) is 30.9 Å². The summed E-state index contributed by atoms with van der Waals surface area (Å²) >= 11 is 0. The van der Waals surface area contributed by atoms with Crippen LogP contribution in [0.5, 0.6) is 0 Å². The standard InChI is InChI=1S/C17H15NO2/c1-14(19)20-17(2,15-8-4-3-5-9-15)12-11-16-10-6-7-13-18-16/h3-10,13H,1-2H3. The minimum absolute atomic E-state index is 0.369. The highest BCUT2D eigenvalue weighted by Crippen LogP contribution is 2.24. The fraction of sp³-hybridized carbons (Fsp3) is 0.176. The van der Waals surface area contributed by atoms with Gasteiger partial charge in [0.1, 0.15) is 5.69 Å². The molecular weight excluding hydrogens is 250 g/mol. The van der Waals surface area contributed by atoms with E-state index in [1.165, 1.54) is 6.92 Å². The summed E-state index contributed by atoms with van der Waals surface area (Å²) in [5, 5.41) is 0. The molecule has 3 heteroatoms. The molecule has 0 spiro atoms. The van der Waals surface area contributed by atoms with Gasteiger partial charge < -0.3 is 4.74 Å². The van der Waals surface area contributed by atoms with Crippen molar-refractivity contribution in [3.05, 3.63) is 66.0 Å². The van der Waals surface area contributed by atoms with Crippen LogP contribution in [0.3, 0.4) is 0 Å². The maximum absolute atomic E-state index is 11.3. The summed E-state index contributed by atoms with van der Waals surface area (Å²) in [6.07, 6.45) is 1.68. The van der Waals surface area contributed by atoms with E-state index in [2.05, 4.69) is 16.8 Å². The van der Waals surface area contributed by atoms with Gasteiger partial charge in [-0.25, -0.2) is 4.98 Å². The summed E-state index contributed by atoms with van der Waals surface area (Å²) in [6, 6.07) is 15.0. The number of carbonyl (C=O) groups excluding carboxylic acids is 1. The van der Waals surface area contributed by atoms with Crippen molar-refractivity contribution >= 4 is 5.97 Å². The van der Waals surface area contributed by atoms with Crippen LogP contribution in [0.2, 0.25) is 0 Å². The van der Waals surface area contributed by atoms with Crippen LogP contribution < -0.4 is 0 Å². The summed E-state index contributed by atoms with van der Waals surface area (Å²) in [7, 11) is 0. The third kappa shape index (κ3) is 3.46. The fourth-order valence-electron chi connectivity index (χ4n) is 1.82. The number of esters is 1. The average Bonchev–Trinajstić information content (AvgIpc) is 2.47. The third-order valence-electron chi connectivity index (χ3n) is 2.77. The molecular formula is C17H15NO2. The number of ether oxygens (including phenoxy) is 1. The predicted octanol–water partition coefficient (Wildman–Crippen LogP) is 2.91. The van der Waals surface area contributed by atoms with Crippen molar-refractivity contribution in [3.8, 4) is 11.8 Å². The third-order valence-corrected chi connectivity index (χ3v) is 2.77. The van der Waals surface area contributed by atoms with Gasteiger partial charge in [-0.3, -0.25) is 4.79 Å². The lowest BCUT2D eigenvalue weighted by Gasteiger charge is -2.23. The quantitative estimate of drug-likeness (QED) is 0.619. The number of pyridine rings is 1. The topological polar surface area (TPSA) is 39.2 Å². The molecule has 0 bridgehead atoms. The van der Waals surface area contributed by atoms with Crippen molar-refractivity contribution in [2.45, 2.75) is 19.4 Å². The highest BCUT2D eigenvalue weighted by Gasteiger charge is 2.27. The number of rotatable bonds is 2. The molecule has 0 N–H and O–H groups in total. The van der Waals surface area contributed by atoms with E-state index in [1.807, 2.05) is 48.5 Å². The van der Waals surface area contributed by atoms with Crippen LogP contribution in [-0.2, 0) is 15.1 Å². The fourth-order valence-corrected chi connectivity index (χ4v) is 1.82.